The minimum atomic E-state index is -0.0178. The smallest absolute Gasteiger partial charge is 0.251 e. The molecule has 1 fully saturated rings. The molecule has 15 heavy (non-hydrogen) atoms. The maximum atomic E-state index is 11.3. The molecule has 1 N–H and O–H groups in total. The second kappa shape index (κ2) is 4.17. The van der Waals surface area contributed by atoms with Crippen LogP contribution in [0, 0.1) is 12.8 Å². The minimum Gasteiger partial charge on any atom is -0.310 e. The summed E-state index contributed by atoms with van der Waals surface area (Å²) in [7, 11) is 0. The summed E-state index contributed by atoms with van der Waals surface area (Å²) in [4.78, 5) is 18.6. The summed E-state index contributed by atoms with van der Waals surface area (Å²) in [5.74, 6) is 2.11. The van der Waals surface area contributed by atoms with Crippen LogP contribution >= 0.6 is 0 Å². The fourth-order valence-electron chi connectivity index (χ4n) is 2.48. The largest absolute Gasteiger partial charge is 0.310 e. The molecule has 1 aromatic rings. The van der Waals surface area contributed by atoms with Crippen LogP contribution in [-0.2, 0) is 0 Å². The fourth-order valence-corrected chi connectivity index (χ4v) is 2.48. The normalized spacial score (nSPS) is 26.5. The van der Waals surface area contributed by atoms with E-state index in [1.165, 1.54) is 12.8 Å². The van der Waals surface area contributed by atoms with Crippen LogP contribution in [0.3, 0.4) is 0 Å². The average Bonchev–Trinajstić information content (AvgIpc) is 2.16. The quantitative estimate of drug-likeness (QED) is 0.766. The van der Waals surface area contributed by atoms with Crippen molar-refractivity contribution in [1.29, 1.82) is 0 Å². The lowest BCUT2D eigenvalue weighted by molar-refractivity contribution is 0.334. The van der Waals surface area contributed by atoms with Crippen molar-refractivity contribution in [1.82, 2.24) is 9.97 Å². The van der Waals surface area contributed by atoms with Crippen molar-refractivity contribution in [3.8, 4) is 0 Å². The van der Waals surface area contributed by atoms with Crippen LogP contribution in [0.5, 0.6) is 0 Å². The molecule has 2 unspecified atom stereocenters. The van der Waals surface area contributed by atoms with E-state index in [0.717, 1.165) is 30.3 Å². The molecular formula is C12H18N2O. The van der Waals surface area contributed by atoms with Gasteiger partial charge in [-0.05, 0) is 25.7 Å². The number of nitrogens with zero attached hydrogens (tertiary/aromatic N) is 1. The third-order valence-electron chi connectivity index (χ3n) is 3.21. The van der Waals surface area contributed by atoms with Crippen molar-refractivity contribution < 1.29 is 0 Å². The molecule has 1 saturated carbocycles. The number of aromatic amines is 1. The summed E-state index contributed by atoms with van der Waals surface area (Å²) < 4.78 is 0. The third-order valence-corrected chi connectivity index (χ3v) is 3.21. The average molecular weight is 206 g/mol. The Morgan fingerprint density at radius 3 is 2.93 bits per heavy atom. The van der Waals surface area contributed by atoms with Crippen molar-refractivity contribution in [2.75, 3.05) is 0 Å². The first-order valence-electron chi connectivity index (χ1n) is 5.73. The number of nitrogens with one attached hydrogen (secondary N) is 1. The van der Waals surface area contributed by atoms with Crippen molar-refractivity contribution >= 4 is 0 Å². The van der Waals surface area contributed by atoms with Gasteiger partial charge in [-0.3, -0.25) is 4.79 Å². The first kappa shape index (κ1) is 10.4. The molecule has 0 bridgehead atoms. The van der Waals surface area contributed by atoms with Gasteiger partial charge in [-0.1, -0.05) is 19.8 Å². The van der Waals surface area contributed by atoms with Crippen LogP contribution in [0.1, 0.15) is 50.0 Å². The summed E-state index contributed by atoms with van der Waals surface area (Å²) in [6.45, 7) is 4.16. The minimum absolute atomic E-state index is 0.0178. The second-order valence-electron chi connectivity index (χ2n) is 4.74. The van der Waals surface area contributed by atoms with Crippen LogP contribution in [0.2, 0.25) is 0 Å². The standard InChI is InChI=1S/C12H18N2O/c1-8-4-3-5-10(6-8)12-13-9(2)7-11(15)14-12/h7-8,10H,3-6H2,1-2H3,(H,13,14,15). The predicted molar refractivity (Wildman–Crippen MR) is 60.0 cm³/mol. The van der Waals surface area contributed by atoms with Crippen molar-refractivity contribution in [2.45, 2.75) is 45.4 Å². The Morgan fingerprint density at radius 2 is 2.27 bits per heavy atom. The van der Waals surface area contributed by atoms with Gasteiger partial charge in [0.1, 0.15) is 5.82 Å². The van der Waals surface area contributed by atoms with Gasteiger partial charge in [0.2, 0.25) is 0 Å². The Hall–Kier alpha value is -1.12. The molecule has 82 valence electrons. The van der Waals surface area contributed by atoms with E-state index in [9.17, 15) is 4.79 Å². The molecule has 3 heteroatoms. The highest BCUT2D eigenvalue weighted by atomic mass is 16.1. The third kappa shape index (κ3) is 2.46. The Labute approximate surface area is 89.9 Å². The van der Waals surface area contributed by atoms with Gasteiger partial charge < -0.3 is 4.98 Å². The van der Waals surface area contributed by atoms with Gasteiger partial charge in [-0.15, -0.1) is 0 Å². The van der Waals surface area contributed by atoms with Crippen molar-refractivity contribution in [3.05, 3.63) is 27.9 Å². The molecule has 3 nitrogen and oxygen atoms in total. The highest BCUT2D eigenvalue weighted by molar-refractivity contribution is 5.05. The molecule has 0 aromatic carbocycles. The first-order valence-corrected chi connectivity index (χ1v) is 5.73. The fraction of sp³-hybridized carbons (Fsp3) is 0.667. The molecule has 2 rings (SSSR count). The summed E-state index contributed by atoms with van der Waals surface area (Å²) in [5, 5.41) is 0. The zero-order valence-electron chi connectivity index (χ0n) is 9.42. The van der Waals surface area contributed by atoms with Crippen molar-refractivity contribution in [2.24, 2.45) is 5.92 Å². The SMILES string of the molecule is Cc1cc(=O)[nH]c(C2CCCC(C)C2)n1. The predicted octanol–water partition coefficient (Wildman–Crippen LogP) is 2.37. The number of rotatable bonds is 1. The molecule has 0 amide bonds. The lowest BCUT2D eigenvalue weighted by atomic mass is 9.82. The van der Waals surface area contributed by atoms with Crippen LogP contribution in [-0.4, -0.2) is 9.97 Å². The molecule has 2 atom stereocenters. The molecule has 0 saturated heterocycles. The molecule has 0 spiro atoms. The van der Waals surface area contributed by atoms with Gasteiger partial charge in [0, 0.05) is 17.7 Å². The van der Waals surface area contributed by atoms with E-state index in [2.05, 4.69) is 16.9 Å². The van der Waals surface area contributed by atoms with Gasteiger partial charge in [0.05, 0.1) is 0 Å². The maximum absolute atomic E-state index is 11.3. The van der Waals surface area contributed by atoms with E-state index in [0.29, 0.717) is 5.92 Å². The Bertz CT molecular complexity index is 397. The van der Waals surface area contributed by atoms with Crippen LogP contribution in [0.15, 0.2) is 10.9 Å². The number of aromatic nitrogens is 2. The van der Waals surface area contributed by atoms with Gasteiger partial charge in [0.15, 0.2) is 0 Å². The van der Waals surface area contributed by atoms with Crippen LogP contribution < -0.4 is 5.56 Å². The maximum Gasteiger partial charge on any atom is 0.251 e. The topological polar surface area (TPSA) is 45.8 Å². The number of hydrogen-bond donors (Lipinski definition) is 1. The molecular weight excluding hydrogens is 188 g/mol. The van der Waals surface area contributed by atoms with Crippen LogP contribution in [0.4, 0.5) is 0 Å². The van der Waals surface area contributed by atoms with Crippen LogP contribution in [0.25, 0.3) is 0 Å². The summed E-state index contributed by atoms with van der Waals surface area (Å²) in [5.41, 5.74) is 0.808. The highest BCUT2D eigenvalue weighted by Crippen LogP contribution is 2.33. The Kier molecular flexibility index (Phi) is 2.89. The van der Waals surface area contributed by atoms with E-state index >= 15 is 0 Å². The summed E-state index contributed by atoms with van der Waals surface area (Å²) in [6.07, 6.45) is 4.89. The Morgan fingerprint density at radius 1 is 1.47 bits per heavy atom. The second-order valence-corrected chi connectivity index (χ2v) is 4.74. The van der Waals surface area contributed by atoms with Gasteiger partial charge in [0.25, 0.3) is 5.56 Å². The molecule has 1 heterocycles. The van der Waals surface area contributed by atoms with E-state index in [1.54, 1.807) is 6.07 Å². The van der Waals surface area contributed by atoms with E-state index in [4.69, 9.17) is 0 Å². The molecule has 0 aliphatic heterocycles. The zero-order valence-corrected chi connectivity index (χ0v) is 9.42. The van der Waals surface area contributed by atoms with E-state index in [-0.39, 0.29) is 5.56 Å². The van der Waals surface area contributed by atoms with Gasteiger partial charge >= 0.3 is 0 Å². The van der Waals surface area contributed by atoms with E-state index < -0.39 is 0 Å². The summed E-state index contributed by atoms with van der Waals surface area (Å²) >= 11 is 0. The Balaban J connectivity index is 2.24. The van der Waals surface area contributed by atoms with Gasteiger partial charge in [-0.25, -0.2) is 4.98 Å². The number of hydrogen-bond acceptors (Lipinski definition) is 2. The van der Waals surface area contributed by atoms with Crippen molar-refractivity contribution in [3.63, 3.8) is 0 Å². The highest BCUT2D eigenvalue weighted by Gasteiger charge is 2.22. The molecule has 0 radical (unpaired) electrons. The monoisotopic (exact) mass is 206 g/mol. The number of aryl methyl sites for hydroxylation is 1. The van der Waals surface area contributed by atoms with E-state index in [1.807, 2.05) is 6.92 Å². The lowest BCUT2D eigenvalue weighted by Crippen LogP contribution is -2.19. The van der Waals surface area contributed by atoms with Gasteiger partial charge in [-0.2, -0.15) is 0 Å². The first-order chi connectivity index (χ1) is 7.15. The summed E-state index contributed by atoms with van der Waals surface area (Å²) in [6, 6.07) is 1.55. The molecule has 1 aliphatic carbocycles. The lowest BCUT2D eigenvalue weighted by Gasteiger charge is -2.25. The zero-order chi connectivity index (χ0) is 10.8. The molecule has 1 aliphatic rings. The molecule has 1 aromatic heterocycles. The number of H-pyrrole nitrogens is 1.